The summed E-state index contributed by atoms with van der Waals surface area (Å²) in [6.07, 6.45) is 5.40. The zero-order valence-electron chi connectivity index (χ0n) is 11.6. The number of aryl methyl sites for hydroxylation is 1. The third-order valence-corrected chi connectivity index (χ3v) is 5.68. The molecule has 1 aliphatic carbocycles. The van der Waals surface area contributed by atoms with Crippen LogP contribution in [0.5, 0.6) is 0 Å². The van der Waals surface area contributed by atoms with Crippen molar-refractivity contribution in [1.82, 2.24) is 14.3 Å². The van der Waals surface area contributed by atoms with Crippen molar-refractivity contribution in [3.63, 3.8) is 0 Å². The number of sulfonamides is 1. The first-order valence-corrected chi connectivity index (χ1v) is 9.02. The Morgan fingerprint density at radius 2 is 2.29 bits per heavy atom. The lowest BCUT2D eigenvalue weighted by molar-refractivity contribution is 0.270. The van der Waals surface area contributed by atoms with Crippen molar-refractivity contribution in [2.24, 2.45) is 0 Å². The standard InChI is InChI=1S/C13H17N3O3S2/c1-9-5-14-13(20-9)6-15-21(18,19)12-4-11(8-17)16(7-12)10-2-3-10/h4-5,7,10,15,17H,2-3,6,8H2,1H3. The summed E-state index contributed by atoms with van der Waals surface area (Å²) in [6.45, 7) is 1.96. The molecule has 6 nitrogen and oxygen atoms in total. The van der Waals surface area contributed by atoms with E-state index in [9.17, 15) is 13.5 Å². The second-order valence-corrected chi connectivity index (χ2v) is 8.24. The lowest BCUT2D eigenvalue weighted by Crippen LogP contribution is -2.22. The normalized spacial score (nSPS) is 15.5. The molecular weight excluding hydrogens is 310 g/mol. The van der Waals surface area contributed by atoms with Gasteiger partial charge in [-0.3, -0.25) is 0 Å². The Kier molecular flexibility index (Phi) is 3.87. The number of thiazole rings is 1. The third kappa shape index (κ3) is 3.18. The Bertz CT molecular complexity index is 745. The highest BCUT2D eigenvalue weighted by Gasteiger charge is 2.28. The van der Waals surface area contributed by atoms with Crippen LogP contribution >= 0.6 is 11.3 Å². The number of aromatic nitrogens is 2. The lowest BCUT2D eigenvalue weighted by atomic mass is 10.4. The van der Waals surface area contributed by atoms with Gasteiger partial charge in [0.15, 0.2) is 0 Å². The van der Waals surface area contributed by atoms with Crippen LogP contribution in [-0.2, 0) is 23.2 Å². The van der Waals surface area contributed by atoms with Crippen molar-refractivity contribution in [2.75, 3.05) is 0 Å². The van der Waals surface area contributed by atoms with Gasteiger partial charge in [-0.1, -0.05) is 0 Å². The Balaban J connectivity index is 1.77. The molecule has 0 atom stereocenters. The topological polar surface area (TPSA) is 84.2 Å². The van der Waals surface area contributed by atoms with Gasteiger partial charge in [0.05, 0.1) is 18.0 Å². The number of hydrogen-bond acceptors (Lipinski definition) is 5. The molecule has 0 radical (unpaired) electrons. The SMILES string of the molecule is Cc1cnc(CNS(=O)(=O)c2cc(CO)n(C3CC3)c2)s1. The molecule has 0 aromatic carbocycles. The predicted octanol–water partition coefficient (Wildman–Crippen LogP) is 1.56. The molecule has 8 heteroatoms. The molecular formula is C13H17N3O3S2. The summed E-state index contributed by atoms with van der Waals surface area (Å²) in [7, 11) is -3.58. The summed E-state index contributed by atoms with van der Waals surface area (Å²) in [5.74, 6) is 0. The summed E-state index contributed by atoms with van der Waals surface area (Å²) >= 11 is 1.47. The quantitative estimate of drug-likeness (QED) is 0.843. The van der Waals surface area contributed by atoms with E-state index >= 15 is 0 Å². The summed E-state index contributed by atoms with van der Waals surface area (Å²) in [5.41, 5.74) is 0.642. The molecule has 1 saturated carbocycles. The Morgan fingerprint density at radius 1 is 1.52 bits per heavy atom. The molecule has 114 valence electrons. The van der Waals surface area contributed by atoms with E-state index in [4.69, 9.17) is 0 Å². The van der Waals surface area contributed by atoms with E-state index in [-0.39, 0.29) is 18.0 Å². The molecule has 0 saturated heterocycles. The van der Waals surface area contributed by atoms with Gasteiger partial charge in [-0.25, -0.2) is 18.1 Å². The Labute approximate surface area is 127 Å². The van der Waals surface area contributed by atoms with Crippen LogP contribution in [0.25, 0.3) is 0 Å². The minimum Gasteiger partial charge on any atom is -0.390 e. The molecule has 0 amide bonds. The van der Waals surface area contributed by atoms with E-state index in [1.54, 1.807) is 12.4 Å². The molecule has 0 bridgehead atoms. The maximum absolute atomic E-state index is 12.3. The number of aliphatic hydroxyl groups is 1. The first kappa shape index (κ1) is 14.7. The van der Waals surface area contributed by atoms with E-state index < -0.39 is 10.0 Å². The smallest absolute Gasteiger partial charge is 0.242 e. The number of nitrogens with zero attached hydrogens (tertiary/aromatic N) is 2. The van der Waals surface area contributed by atoms with Gasteiger partial charge in [-0.05, 0) is 25.8 Å². The van der Waals surface area contributed by atoms with E-state index in [2.05, 4.69) is 9.71 Å². The number of aliphatic hydroxyl groups excluding tert-OH is 1. The van der Waals surface area contributed by atoms with Gasteiger partial charge >= 0.3 is 0 Å². The second-order valence-electron chi connectivity index (χ2n) is 5.15. The van der Waals surface area contributed by atoms with E-state index in [1.807, 2.05) is 11.5 Å². The Morgan fingerprint density at radius 3 is 2.86 bits per heavy atom. The first-order valence-electron chi connectivity index (χ1n) is 6.72. The second kappa shape index (κ2) is 5.53. The van der Waals surface area contributed by atoms with Gasteiger partial charge in [-0.2, -0.15) is 0 Å². The molecule has 2 N–H and O–H groups in total. The van der Waals surface area contributed by atoms with E-state index in [1.165, 1.54) is 17.4 Å². The van der Waals surface area contributed by atoms with Crippen molar-refractivity contribution >= 4 is 21.4 Å². The maximum atomic E-state index is 12.3. The molecule has 2 aromatic heterocycles. The van der Waals surface area contributed by atoms with Crippen LogP contribution in [0, 0.1) is 6.92 Å². The van der Waals surface area contributed by atoms with Crippen molar-refractivity contribution in [2.45, 2.75) is 43.9 Å². The molecule has 1 fully saturated rings. The monoisotopic (exact) mass is 327 g/mol. The molecule has 2 aromatic rings. The third-order valence-electron chi connectivity index (χ3n) is 3.40. The van der Waals surface area contributed by atoms with Crippen LogP contribution in [0.15, 0.2) is 23.4 Å². The average molecular weight is 327 g/mol. The Hall–Kier alpha value is -1.22. The summed E-state index contributed by atoms with van der Waals surface area (Å²) in [6, 6.07) is 1.87. The number of nitrogens with one attached hydrogen (secondary N) is 1. The predicted molar refractivity (Wildman–Crippen MR) is 79.5 cm³/mol. The fourth-order valence-corrected chi connectivity index (χ4v) is 4.04. The molecule has 3 rings (SSSR count). The van der Waals surface area contributed by atoms with Crippen LogP contribution in [0.2, 0.25) is 0 Å². The minimum absolute atomic E-state index is 0.155. The van der Waals surface area contributed by atoms with Crippen molar-refractivity contribution in [3.8, 4) is 0 Å². The molecule has 0 spiro atoms. The largest absolute Gasteiger partial charge is 0.390 e. The van der Waals surface area contributed by atoms with Crippen LogP contribution in [0.1, 0.15) is 34.5 Å². The maximum Gasteiger partial charge on any atom is 0.242 e. The minimum atomic E-state index is -3.58. The van der Waals surface area contributed by atoms with Gasteiger partial charge < -0.3 is 9.67 Å². The zero-order valence-corrected chi connectivity index (χ0v) is 13.2. The van der Waals surface area contributed by atoms with Gasteiger partial charge in [0.25, 0.3) is 0 Å². The molecule has 0 unspecified atom stereocenters. The molecule has 2 heterocycles. The highest BCUT2D eigenvalue weighted by atomic mass is 32.2. The fourth-order valence-electron chi connectivity index (χ4n) is 2.19. The van der Waals surface area contributed by atoms with E-state index in [0.29, 0.717) is 11.7 Å². The van der Waals surface area contributed by atoms with Crippen molar-refractivity contribution in [1.29, 1.82) is 0 Å². The van der Waals surface area contributed by atoms with Gasteiger partial charge in [0.2, 0.25) is 10.0 Å². The van der Waals surface area contributed by atoms with Crippen molar-refractivity contribution < 1.29 is 13.5 Å². The summed E-state index contributed by atoms with van der Waals surface area (Å²) in [4.78, 5) is 5.38. The average Bonchev–Trinajstić information content (AvgIpc) is 3.05. The van der Waals surface area contributed by atoms with Crippen LogP contribution in [0.3, 0.4) is 0 Å². The highest BCUT2D eigenvalue weighted by molar-refractivity contribution is 7.89. The van der Waals surface area contributed by atoms with Gasteiger partial charge in [0, 0.05) is 29.0 Å². The number of hydrogen-bond donors (Lipinski definition) is 2. The lowest BCUT2D eigenvalue weighted by Gasteiger charge is -2.03. The van der Waals surface area contributed by atoms with Gasteiger partial charge in [0.1, 0.15) is 5.01 Å². The van der Waals surface area contributed by atoms with Gasteiger partial charge in [-0.15, -0.1) is 11.3 Å². The number of rotatable bonds is 6. The highest BCUT2D eigenvalue weighted by Crippen LogP contribution is 2.37. The van der Waals surface area contributed by atoms with Crippen LogP contribution in [-0.4, -0.2) is 23.1 Å². The zero-order chi connectivity index (χ0) is 15.0. The van der Waals surface area contributed by atoms with Crippen molar-refractivity contribution in [3.05, 3.63) is 34.0 Å². The molecule has 21 heavy (non-hydrogen) atoms. The summed E-state index contributed by atoms with van der Waals surface area (Å²) in [5, 5.41) is 10.1. The van der Waals surface area contributed by atoms with Crippen LogP contribution in [0.4, 0.5) is 0 Å². The summed E-state index contributed by atoms with van der Waals surface area (Å²) < 4.78 is 29.0. The van der Waals surface area contributed by atoms with Crippen LogP contribution < -0.4 is 4.72 Å². The first-order chi connectivity index (χ1) is 9.99. The fraction of sp³-hybridized carbons (Fsp3) is 0.462. The van der Waals surface area contributed by atoms with E-state index in [0.717, 1.165) is 22.7 Å². The molecule has 1 aliphatic rings. The molecule has 0 aliphatic heterocycles.